The molecule has 1 aliphatic heterocycles. The van der Waals surface area contributed by atoms with Crippen LogP contribution in [-0.4, -0.2) is 5.79 Å². The number of ether oxygens (including phenoxy) is 2. The number of fused-ring (bicyclic) bond motifs is 1. The number of halogens is 1. The Balaban J connectivity index is 2.48. The van der Waals surface area contributed by atoms with Crippen LogP contribution in [0.5, 0.6) is 5.75 Å². The lowest BCUT2D eigenvalue weighted by Gasteiger charge is -2.34. The smallest absolute Gasteiger partial charge is 0.205 e. The van der Waals surface area contributed by atoms with Crippen molar-refractivity contribution in [1.29, 1.82) is 0 Å². The molecule has 1 aliphatic rings. The minimum atomic E-state index is -0.562. The highest BCUT2D eigenvalue weighted by Gasteiger charge is 2.29. The molecule has 2 nitrogen and oxygen atoms in total. The van der Waals surface area contributed by atoms with Gasteiger partial charge in [0.15, 0.2) is 0 Å². The average molecular weight is 255 g/mol. The average Bonchev–Trinajstić information content (AvgIpc) is 2.26. The molecule has 0 radical (unpaired) electrons. The van der Waals surface area contributed by atoms with Crippen molar-refractivity contribution in [3.63, 3.8) is 0 Å². The van der Waals surface area contributed by atoms with Gasteiger partial charge in [-0.1, -0.05) is 19.9 Å². The summed E-state index contributed by atoms with van der Waals surface area (Å²) in [7, 11) is 0. The maximum absolute atomic E-state index is 6.01. The van der Waals surface area contributed by atoms with Crippen molar-refractivity contribution in [2.24, 2.45) is 0 Å². The lowest BCUT2D eigenvalue weighted by atomic mass is 9.97. The van der Waals surface area contributed by atoms with Crippen molar-refractivity contribution in [2.75, 3.05) is 0 Å². The van der Waals surface area contributed by atoms with Crippen LogP contribution < -0.4 is 4.74 Å². The van der Waals surface area contributed by atoms with E-state index in [0.29, 0.717) is 18.4 Å². The number of alkyl halides is 1. The van der Waals surface area contributed by atoms with E-state index in [-0.39, 0.29) is 0 Å². The molecule has 0 saturated heterocycles. The molecule has 0 amide bonds. The van der Waals surface area contributed by atoms with Crippen LogP contribution in [0.25, 0.3) is 0 Å². The van der Waals surface area contributed by atoms with E-state index in [2.05, 4.69) is 26.0 Å². The summed E-state index contributed by atoms with van der Waals surface area (Å²) in [6.45, 7) is 8.78. The van der Waals surface area contributed by atoms with Gasteiger partial charge < -0.3 is 9.47 Å². The van der Waals surface area contributed by atoms with E-state index in [1.165, 1.54) is 5.56 Å². The molecule has 1 aromatic rings. The normalized spacial score (nSPS) is 17.8. The second kappa shape index (κ2) is 4.51. The molecule has 0 aromatic heterocycles. The lowest BCUT2D eigenvalue weighted by Crippen LogP contribution is -2.35. The van der Waals surface area contributed by atoms with Crippen LogP contribution in [0.1, 0.15) is 50.3 Å². The van der Waals surface area contributed by atoms with Crippen LogP contribution in [0.15, 0.2) is 12.1 Å². The SMILES string of the molecule is CC(C)c1cc(CCl)c2c(c1)COC(C)(C)O2. The predicted octanol–water partition coefficient (Wildman–Crippen LogP) is 4.19. The highest BCUT2D eigenvalue weighted by molar-refractivity contribution is 6.17. The molecule has 0 spiro atoms. The van der Waals surface area contributed by atoms with E-state index >= 15 is 0 Å². The van der Waals surface area contributed by atoms with Gasteiger partial charge in [-0.3, -0.25) is 0 Å². The summed E-state index contributed by atoms with van der Waals surface area (Å²) < 4.78 is 11.5. The molecule has 0 bridgehead atoms. The molecule has 0 aliphatic carbocycles. The van der Waals surface area contributed by atoms with E-state index in [1.54, 1.807) is 0 Å². The van der Waals surface area contributed by atoms with Gasteiger partial charge in [-0.25, -0.2) is 0 Å². The largest absolute Gasteiger partial charge is 0.462 e. The standard InChI is InChI=1S/C14H19ClO2/c1-9(2)10-5-11(7-15)13-12(6-10)8-16-14(3,4)17-13/h5-6,9H,7-8H2,1-4H3. The third-order valence-electron chi connectivity index (χ3n) is 3.00. The van der Waals surface area contributed by atoms with Gasteiger partial charge in [0.1, 0.15) is 5.75 Å². The zero-order valence-corrected chi connectivity index (χ0v) is 11.6. The molecule has 0 fully saturated rings. The summed E-state index contributed by atoms with van der Waals surface area (Å²) >= 11 is 6.01. The van der Waals surface area contributed by atoms with Crippen molar-refractivity contribution in [2.45, 2.75) is 51.9 Å². The quantitative estimate of drug-likeness (QED) is 0.737. The first-order chi connectivity index (χ1) is 7.93. The lowest BCUT2D eigenvalue weighted by molar-refractivity contribution is -0.180. The van der Waals surface area contributed by atoms with E-state index < -0.39 is 5.79 Å². The van der Waals surface area contributed by atoms with Gasteiger partial charge in [0.2, 0.25) is 5.79 Å². The van der Waals surface area contributed by atoms with Gasteiger partial charge in [-0.2, -0.15) is 0 Å². The van der Waals surface area contributed by atoms with E-state index in [4.69, 9.17) is 21.1 Å². The Labute approximate surface area is 108 Å². The van der Waals surface area contributed by atoms with Crippen LogP contribution in [0.3, 0.4) is 0 Å². The monoisotopic (exact) mass is 254 g/mol. The first-order valence-corrected chi connectivity index (χ1v) is 6.51. The minimum Gasteiger partial charge on any atom is -0.462 e. The van der Waals surface area contributed by atoms with Crippen LogP contribution >= 0.6 is 11.6 Å². The van der Waals surface area contributed by atoms with Gasteiger partial charge in [0.05, 0.1) is 12.5 Å². The molecule has 0 N–H and O–H groups in total. The fourth-order valence-electron chi connectivity index (χ4n) is 1.98. The van der Waals surface area contributed by atoms with Gasteiger partial charge in [0, 0.05) is 25.0 Å². The highest BCUT2D eigenvalue weighted by atomic mass is 35.5. The molecule has 0 unspecified atom stereocenters. The highest BCUT2D eigenvalue weighted by Crippen LogP contribution is 2.37. The summed E-state index contributed by atoms with van der Waals surface area (Å²) in [5.74, 6) is 1.30. The maximum atomic E-state index is 6.01. The Morgan fingerprint density at radius 3 is 2.65 bits per heavy atom. The van der Waals surface area contributed by atoms with Crippen molar-refractivity contribution in [3.8, 4) is 5.75 Å². The zero-order valence-electron chi connectivity index (χ0n) is 10.8. The van der Waals surface area contributed by atoms with Crippen LogP contribution in [-0.2, 0) is 17.2 Å². The molecular formula is C14H19ClO2. The Kier molecular flexibility index (Phi) is 3.37. The van der Waals surface area contributed by atoms with Crippen LogP contribution in [0.2, 0.25) is 0 Å². The number of benzene rings is 1. The van der Waals surface area contributed by atoms with Gasteiger partial charge in [-0.15, -0.1) is 11.6 Å². The van der Waals surface area contributed by atoms with Gasteiger partial charge in [0.25, 0.3) is 0 Å². The number of hydrogen-bond donors (Lipinski definition) is 0. The summed E-state index contributed by atoms with van der Waals surface area (Å²) in [6.07, 6.45) is 0. The first kappa shape index (κ1) is 12.7. The van der Waals surface area contributed by atoms with Crippen LogP contribution in [0.4, 0.5) is 0 Å². The molecular weight excluding hydrogens is 236 g/mol. The first-order valence-electron chi connectivity index (χ1n) is 5.97. The Morgan fingerprint density at radius 1 is 1.35 bits per heavy atom. The van der Waals surface area contributed by atoms with Crippen molar-refractivity contribution in [1.82, 2.24) is 0 Å². The topological polar surface area (TPSA) is 18.5 Å². The zero-order chi connectivity index (χ0) is 12.6. The third-order valence-corrected chi connectivity index (χ3v) is 3.29. The van der Waals surface area contributed by atoms with E-state index in [9.17, 15) is 0 Å². The Hall–Kier alpha value is -0.730. The van der Waals surface area contributed by atoms with Crippen molar-refractivity contribution >= 4 is 11.6 Å². The van der Waals surface area contributed by atoms with Crippen LogP contribution in [0, 0.1) is 0 Å². The van der Waals surface area contributed by atoms with Crippen molar-refractivity contribution in [3.05, 3.63) is 28.8 Å². The second-order valence-corrected chi connectivity index (χ2v) is 5.51. The fourth-order valence-corrected chi connectivity index (χ4v) is 2.18. The summed E-state index contributed by atoms with van der Waals surface area (Å²) in [6, 6.07) is 4.29. The van der Waals surface area contributed by atoms with Gasteiger partial charge >= 0.3 is 0 Å². The Bertz CT molecular complexity index is 407. The third kappa shape index (κ3) is 2.58. The number of rotatable bonds is 2. The molecule has 3 heteroatoms. The maximum Gasteiger partial charge on any atom is 0.205 e. The molecule has 17 heavy (non-hydrogen) atoms. The minimum absolute atomic E-state index is 0.471. The van der Waals surface area contributed by atoms with E-state index in [0.717, 1.165) is 16.9 Å². The molecule has 2 rings (SSSR count). The molecule has 1 aromatic carbocycles. The van der Waals surface area contributed by atoms with Crippen molar-refractivity contribution < 1.29 is 9.47 Å². The predicted molar refractivity (Wildman–Crippen MR) is 69.6 cm³/mol. The second-order valence-electron chi connectivity index (χ2n) is 5.25. The summed E-state index contributed by atoms with van der Waals surface area (Å²) in [5, 5.41) is 0. The van der Waals surface area contributed by atoms with Gasteiger partial charge in [-0.05, 0) is 17.5 Å². The molecule has 0 saturated carbocycles. The molecule has 1 heterocycles. The molecule has 94 valence electrons. The Morgan fingerprint density at radius 2 is 2.06 bits per heavy atom. The fraction of sp³-hybridized carbons (Fsp3) is 0.571. The molecule has 0 atom stereocenters. The summed E-state index contributed by atoms with van der Waals surface area (Å²) in [4.78, 5) is 0. The summed E-state index contributed by atoms with van der Waals surface area (Å²) in [5.41, 5.74) is 3.45. The van der Waals surface area contributed by atoms with E-state index in [1.807, 2.05) is 13.8 Å². The number of hydrogen-bond acceptors (Lipinski definition) is 2.